The van der Waals surface area contributed by atoms with Crippen molar-refractivity contribution in [2.45, 2.75) is 0 Å². The van der Waals surface area contributed by atoms with Crippen LogP contribution in [0, 0.1) is 63.3 Å². The Bertz CT molecular complexity index is 226. The number of hydrogen-bond acceptors (Lipinski definition) is 6. The Morgan fingerprint density at radius 1 is 0.750 bits per heavy atom. The van der Waals surface area contributed by atoms with Crippen LogP contribution in [-0.2, 0) is 1.61 Å². The summed E-state index contributed by atoms with van der Waals surface area (Å²) in [6, 6.07) is 0. The molecule has 1 aliphatic rings. The van der Waals surface area contributed by atoms with Crippen LogP contribution in [0.15, 0.2) is 0 Å². The quantitative estimate of drug-likeness (QED) is 0.519. The van der Waals surface area contributed by atoms with E-state index in [4.69, 9.17) is 0 Å². The van der Waals surface area contributed by atoms with Crippen LogP contribution in [0.3, 0.4) is 0 Å². The molecule has 0 aromatic heterocycles. The average Bonchev–Trinajstić information content (AvgIpc) is 1.20. The number of hydrogen-bond donors (Lipinski definition) is 0. The molecule has 0 atom stereocenters. The fourth-order valence-electron chi connectivity index (χ4n) is 0.126. The predicted molar refractivity (Wildman–Crippen MR) is 4.92 cm³/mol. The summed E-state index contributed by atoms with van der Waals surface area (Å²) in [5.74, 6) is 0. The van der Waals surface area contributed by atoms with Gasteiger partial charge in [0.1, 0.15) is 0 Å². The molecule has 1 heterocycles. The molecule has 0 unspecified atom stereocenters. The van der Waals surface area contributed by atoms with Gasteiger partial charge in [-0.3, -0.25) is 0 Å². The fourth-order valence-corrected chi connectivity index (χ4v) is 6.90. The fraction of sp³-hybridized carbons (Fsp3) is 0. The van der Waals surface area contributed by atoms with Crippen LogP contribution in [0.1, 0.15) is 0 Å². The van der Waals surface area contributed by atoms with Crippen molar-refractivity contribution in [3.8, 4) is 0 Å². The van der Waals surface area contributed by atoms with Crippen molar-refractivity contribution in [2.24, 2.45) is 0 Å². The molecule has 6 nitrogen and oxygen atoms in total. The molecule has 8 heavy (non-hydrogen) atoms. The third kappa shape index (κ3) is 1.82. The van der Waals surface area contributed by atoms with E-state index in [0.717, 1.165) is 0 Å². The van der Waals surface area contributed by atoms with Gasteiger partial charge < -0.3 is 0 Å². The first kappa shape index (κ1) is 7.77. The Hall–Kier alpha value is 1.67. The second kappa shape index (κ2) is 2.07. The second-order valence-corrected chi connectivity index (χ2v) is 9.18. The molecular formula is Dy2O6. The zero-order chi connectivity index (χ0) is 6.41. The van der Waals surface area contributed by atoms with E-state index in [-0.39, 0.29) is 0 Å². The third-order valence-corrected chi connectivity index (χ3v) is 11.0. The molecule has 1 fully saturated rings. The molecule has 0 aromatic rings. The van der Waals surface area contributed by atoms with Gasteiger partial charge in [0.2, 0.25) is 0 Å². The van der Waals surface area contributed by atoms with Gasteiger partial charge in [0.25, 0.3) is 0 Å². The van der Waals surface area contributed by atoms with Crippen molar-refractivity contribution in [3.63, 3.8) is 0 Å². The van der Waals surface area contributed by atoms with Crippen molar-refractivity contribution in [1.82, 2.24) is 0 Å². The molecule has 1 aliphatic heterocycles. The average molecular weight is 421 g/mol. The Morgan fingerprint density at radius 3 is 1.00 bits per heavy atom. The Kier molecular flexibility index (Phi) is 2.01. The molecule has 0 amide bonds. The van der Waals surface area contributed by atoms with Gasteiger partial charge in [-0.2, -0.15) is 0 Å². The molecule has 0 aliphatic carbocycles. The summed E-state index contributed by atoms with van der Waals surface area (Å²) in [6.45, 7) is 0. The van der Waals surface area contributed by atoms with Gasteiger partial charge in [-0.15, -0.1) is 0 Å². The van der Waals surface area contributed by atoms with Crippen molar-refractivity contribution >= 4 is 0 Å². The summed E-state index contributed by atoms with van der Waals surface area (Å²) in [5, 5.41) is 0. The summed E-state index contributed by atoms with van der Waals surface area (Å²) in [6.07, 6.45) is 0. The molecule has 1 rings (SSSR count). The van der Waals surface area contributed by atoms with Crippen molar-refractivity contribution in [2.75, 3.05) is 0 Å². The van der Waals surface area contributed by atoms with E-state index >= 15 is 0 Å². The molecule has 8 heteroatoms. The monoisotopic (exact) mass is 424 g/mol. The molecule has 0 spiro atoms. The Morgan fingerprint density at radius 2 is 1.00 bits per heavy atom. The summed E-state index contributed by atoms with van der Waals surface area (Å²) in [4.78, 5) is 0. The van der Waals surface area contributed by atoms with E-state index in [1.807, 2.05) is 0 Å². The molecule has 1 saturated heterocycles. The van der Waals surface area contributed by atoms with Gasteiger partial charge in [-0.1, -0.05) is 0 Å². The Balaban J connectivity index is 3.00. The summed E-state index contributed by atoms with van der Waals surface area (Å²) >= 11 is -10.0. The zero-order valence-corrected chi connectivity index (χ0v) is 7.14. The van der Waals surface area contributed by atoms with Crippen molar-refractivity contribution < 1.29 is 64.9 Å². The third-order valence-electron chi connectivity index (χ3n) is 0.200. The van der Waals surface area contributed by atoms with Crippen LogP contribution in [-0.4, -0.2) is 0 Å². The van der Waals surface area contributed by atoms with Gasteiger partial charge in [0.15, 0.2) is 0 Å². The van der Waals surface area contributed by atoms with Crippen LogP contribution in [0.5, 0.6) is 0 Å². The van der Waals surface area contributed by atoms with Gasteiger partial charge in [-0.25, -0.2) is 0 Å². The van der Waals surface area contributed by atoms with Gasteiger partial charge in [-0.05, 0) is 0 Å². The van der Waals surface area contributed by atoms with Crippen molar-refractivity contribution in [3.05, 3.63) is 0 Å². The first-order chi connectivity index (χ1) is 3.41. The standard InChI is InChI=1S/2Dy.6O. The SMILES string of the molecule is [O]=[Dy]1(=[O])[O][Dy](=[O])(=[O])[O]1. The summed E-state index contributed by atoms with van der Waals surface area (Å²) < 4.78 is 46.1. The molecule has 0 radical (unpaired) electrons. The molecule has 0 saturated carbocycles. The van der Waals surface area contributed by atoms with Crippen LogP contribution in [0.25, 0.3) is 0 Å². The molecule has 56 valence electrons. The van der Waals surface area contributed by atoms with Crippen LogP contribution >= 0.6 is 0 Å². The first-order valence-electron chi connectivity index (χ1n) is 1.03. The van der Waals surface area contributed by atoms with Crippen LogP contribution < -0.4 is 0 Å². The second-order valence-electron chi connectivity index (χ2n) is 0.714. The first-order valence-corrected chi connectivity index (χ1v) is 7.66. The van der Waals surface area contributed by atoms with Crippen molar-refractivity contribution in [1.29, 1.82) is 0 Å². The van der Waals surface area contributed by atoms with Gasteiger partial charge in [0, 0.05) is 0 Å². The zero-order valence-electron chi connectivity index (χ0n) is 3.08. The molecule has 0 bridgehead atoms. The van der Waals surface area contributed by atoms with E-state index in [0.29, 0.717) is 0 Å². The molecule has 0 aromatic carbocycles. The Labute approximate surface area is 63.0 Å². The predicted octanol–water partition coefficient (Wildman–Crippen LogP) is -0.612. The number of rotatable bonds is 0. The van der Waals surface area contributed by atoms with Gasteiger partial charge >= 0.3 is 64.9 Å². The topological polar surface area (TPSA) is 86.7 Å². The van der Waals surface area contributed by atoms with E-state index < -0.39 is 63.3 Å². The molecule has 0 N–H and O–H groups in total. The van der Waals surface area contributed by atoms with E-state index in [9.17, 15) is 5.52 Å². The minimum atomic E-state index is -5.00. The maximum absolute atomic E-state index is 9.80. The summed E-state index contributed by atoms with van der Waals surface area (Å²) in [5.41, 5.74) is 0. The van der Waals surface area contributed by atoms with E-state index in [1.54, 1.807) is 0 Å². The summed E-state index contributed by atoms with van der Waals surface area (Å²) in [7, 11) is 0. The molecular weight excluding hydrogens is 421 g/mol. The van der Waals surface area contributed by atoms with Crippen LogP contribution in [0.4, 0.5) is 0 Å². The van der Waals surface area contributed by atoms with Crippen LogP contribution in [0.2, 0.25) is 0 Å². The van der Waals surface area contributed by atoms with E-state index in [2.05, 4.69) is -3.91 Å². The normalized spacial score (nSPS) is 39.0. The van der Waals surface area contributed by atoms with Gasteiger partial charge in [0.05, 0.1) is 0 Å². The maximum atomic E-state index is 9.80. The van der Waals surface area contributed by atoms with E-state index in [1.165, 1.54) is 0 Å². The minimum absolute atomic E-state index is 3.43.